The van der Waals surface area contributed by atoms with Gasteiger partial charge in [0.1, 0.15) is 5.01 Å². The molecule has 25 heavy (non-hydrogen) atoms. The molecule has 2 aromatic rings. The minimum absolute atomic E-state index is 0.0292. The second kappa shape index (κ2) is 8.82. The van der Waals surface area contributed by atoms with Crippen molar-refractivity contribution in [3.8, 4) is 11.5 Å². The number of nitrogens with one attached hydrogen (secondary N) is 1. The van der Waals surface area contributed by atoms with Crippen LogP contribution in [0.5, 0.6) is 11.5 Å². The molecule has 0 saturated carbocycles. The maximum absolute atomic E-state index is 12.0. The largest absolute Gasteiger partial charge is 0.493 e. The van der Waals surface area contributed by atoms with Gasteiger partial charge in [-0.15, -0.1) is 10.2 Å². The van der Waals surface area contributed by atoms with E-state index in [9.17, 15) is 4.79 Å². The standard InChI is InChI=1S/C17H20ClN3O3S/c1-5-15-20-21-17(25-15)19-14(22)7-6-11-8-12(18)16(24-10(2)3)13(9-11)23-4/h6-10H,5H2,1-4H3,(H,19,21,22)/b7-6+. The first-order valence-electron chi connectivity index (χ1n) is 7.78. The van der Waals surface area contributed by atoms with Gasteiger partial charge in [-0.1, -0.05) is 29.9 Å². The van der Waals surface area contributed by atoms with Crippen LogP contribution in [-0.2, 0) is 11.2 Å². The topological polar surface area (TPSA) is 73.3 Å². The Hall–Kier alpha value is -2.12. The zero-order valence-electron chi connectivity index (χ0n) is 14.5. The van der Waals surface area contributed by atoms with E-state index in [0.29, 0.717) is 21.7 Å². The van der Waals surface area contributed by atoms with Gasteiger partial charge in [-0.05, 0) is 44.0 Å². The molecular weight excluding hydrogens is 362 g/mol. The number of aryl methyl sites for hydroxylation is 1. The van der Waals surface area contributed by atoms with E-state index >= 15 is 0 Å². The predicted octanol–water partition coefficient (Wildman–Crippen LogP) is 4.20. The summed E-state index contributed by atoms with van der Waals surface area (Å²) < 4.78 is 11.0. The lowest BCUT2D eigenvalue weighted by Gasteiger charge is -2.15. The summed E-state index contributed by atoms with van der Waals surface area (Å²) in [6.07, 6.45) is 3.80. The van der Waals surface area contributed by atoms with Gasteiger partial charge in [-0.25, -0.2) is 0 Å². The highest BCUT2D eigenvalue weighted by Crippen LogP contribution is 2.37. The van der Waals surface area contributed by atoms with Gasteiger partial charge in [0.05, 0.1) is 18.2 Å². The van der Waals surface area contributed by atoms with E-state index in [1.807, 2.05) is 20.8 Å². The molecule has 0 unspecified atom stereocenters. The van der Waals surface area contributed by atoms with Crippen LogP contribution in [0, 0.1) is 0 Å². The van der Waals surface area contributed by atoms with Crippen molar-refractivity contribution in [2.45, 2.75) is 33.3 Å². The van der Waals surface area contributed by atoms with Crippen LogP contribution in [0.25, 0.3) is 6.08 Å². The first-order chi connectivity index (χ1) is 11.9. The number of ether oxygens (including phenoxy) is 2. The third kappa shape index (κ3) is 5.44. The fourth-order valence-electron chi connectivity index (χ4n) is 1.95. The van der Waals surface area contributed by atoms with Crippen molar-refractivity contribution < 1.29 is 14.3 Å². The van der Waals surface area contributed by atoms with E-state index in [-0.39, 0.29) is 12.0 Å². The van der Waals surface area contributed by atoms with Gasteiger partial charge < -0.3 is 9.47 Å². The molecule has 1 N–H and O–H groups in total. The third-order valence-electron chi connectivity index (χ3n) is 3.03. The number of carbonyl (C=O) groups excluding carboxylic acids is 1. The Balaban J connectivity index is 2.11. The predicted molar refractivity (Wildman–Crippen MR) is 101 cm³/mol. The van der Waals surface area contributed by atoms with Crippen molar-refractivity contribution in [1.82, 2.24) is 10.2 Å². The summed E-state index contributed by atoms with van der Waals surface area (Å²) in [4.78, 5) is 12.0. The van der Waals surface area contributed by atoms with Gasteiger partial charge in [0.25, 0.3) is 0 Å². The summed E-state index contributed by atoms with van der Waals surface area (Å²) in [7, 11) is 1.54. The van der Waals surface area contributed by atoms with E-state index in [2.05, 4.69) is 15.5 Å². The average molecular weight is 382 g/mol. The van der Waals surface area contributed by atoms with Crippen molar-refractivity contribution in [2.24, 2.45) is 0 Å². The number of carbonyl (C=O) groups is 1. The van der Waals surface area contributed by atoms with Gasteiger partial charge in [-0.3, -0.25) is 10.1 Å². The van der Waals surface area contributed by atoms with Gasteiger partial charge in [0.2, 0.25) is 11.0 Å². The smallest absolute Gasteiger partial charge is 0.250 e. The molecule has 0 radical (unpaired) electrons. The molecule has 0 aliphatic rings. The fourth-order valence-corrected chi connectivity index (χ4v) is 2.90. The van der Waals surface area contributed by atoms with E-state index in [1.165, 1.54) is 17.4 Å². The van der Waals surface area contributed by atoms with E-state index in [0.717, 1.165) is 17.0 Å². The van der Waals surface area contributed by atoms with Gasteiger partial charge >= 0.3 is 0 Å². The molecule has 0 aliphatic carbocycles. The number of methoxy groups -OCH3 is 1. The zero-order valence-corrected chi connectivity index (χ0v) is 16.1. The molecule has 0 fully saturated rings. The van der Waals surface area contributed by atoms with Crippen molar-refractivity contribution >= 4 is 40.1 Å². The highest BCUT2D eigenvalue weighted by Gasteiger charge is 2.13. The van der Waals surface area contributed by atoms with Crippen LogP contribution in [0.3, 0.4) is 0 Å². The fraction of sp³-hybridized carbons (Fsp3) is 0.353. The van der Waals surface area contributed by atoms with Gasteiger partial charge in [0, 0.05) is 6.08 Å². The highest BCUT2D eigenvalue weighted by atomic mass is 35.5. The second-order valence-electron chi connectivity index (χ2n) is 5.38. The first-order valence-corrected chi connectivity index (χ1v) is 8.98. The Bertz CT molecular complexity index is 774. The summed E-state index contributed by atoms with van der Waals surface area (Å²) in [6, 6.07) is 3.47. The Kier molecular flexibility index (Phi) is 6.78. The zero-order chi connectivity index (χ0) is 18.4. The van der Waals surface area contributed by atoms with Crippen LogP contribution in [0.2, 0.25) is 5.02 Å². The third-order valence-corrected chi connectivity index (χ3v) is 4.30. The Morgan fingerprint density at radius 3 is 2.76 bits per heavy atom. The molecule has 0 atom stereocenters. The molecule has 8 heteroatoms. The Morgan fingerprint density at radius 1 is 1.40 bits per heavy atom. The normalized spacial score (nSPS) is 11.1. The number of benzene rings is 1. The molecule has 2 rings (SSSR count). The maximum Gasteiger partial charge on any atom is 0.250 e. The summed E-state index contributed by atoms with van der Waals surface area (Å²) >= 11 is 7.62. The lowest BCUT2D eigenvalue weighted by Crippen LogP contribution is -2.08. The number of rotatable bonds is 7. The lowest BCUT2D eigenvalue weighted by molar-refractivity contribution is -0.111. The maximum atomic E-state index is 12.0. The summed E-state index contributed by atoms with van der Waals surface area (Å²) in [5, 5.41) is 12.3. The second-order valence-corrected chi connectivity index (χ2v) is 6.85. The minimum atomic E-state index is -0.295. The number of hydrogen-bond acceptors (Lipinski definition) is 6. The molecule has 1 aromatic carbocycles. The summed E-state index contributed by atoms with van der Waals surface area (Å²) in [6.45, 7) is 5.80. The average Bonchev–Trinajstić information content (AvgIpc) is 3.02. The first kappa shape index (κ1) is 19.2. The number of nitrogens with zero attached hydrogens (tertiary/aromatic N) is 2. The number of aromatic nitrogens is 2. The molecule has 1 aromatic heterocycles. The Morgan fingerprint density at radius 2 is 2.16 bits per heavy atom. The highest BCUT2D eigenvalue weighted by molar-refractivity contribution is 7.15. The summed E-state index contributed by atoms with van der Waals surface area (Å²) in [5.41, 5.74) is 0.722. The number of halogens is 1. The number of anilines is 1. The van der Waals surface area contributed by atoms with Crippen LogP contribution < -0.4 is 14.8 Å². The monoisotopic (exact) mass is 381 g/mol. The molecule has 1 amide bonds. The molecule has 1 heterocycles. The van der Waals surface area contributed by atoms with Crippen molar-refractivity contribution in [2.75, 3.05) is 12.4 Å². The SMILES string of the molecule is CCc1nnc(NC(=O)/C=C/c2cc(Cl)c(OC(C)C)c(OC)c2)s1. The van der Waals surface area contributed by atoms with Crippen LogP contribution in [0.4, 0.5) is 5.13 Å². The van der Waals surface area contributed by atoms with Crippen LogP contribution in [0.15, 0.2) is 18.2 Å². The van der Waals surface area contributed by atoms with E-state index in [1.54, 1.807) is 25.3 Å². The van der Waals surface area contributed by atoms with Crippen molar-refractivity contribution in [3.05, 3.63) is 33.8 Å². The van der Waals surface area contributed by atoms with E-state index in [4.69, 9.17) is 21.1 Å². The minimum Gasteiger partial charge on any atom is -0.493 e. The molecule has 0 saturated heterocycles. The molecular formula is C17H20ClN3O3S. The molecule has 0 spiro atoms. The summed E-state index contributed by atoms with van der Waals surface area (Å²) in [5.74, 6) is 0.705. The van der Waals surface area contributed by atoms with Crippen molar-refractivity contribution in [3.63, 3.8) is 0 Å². The molecule has 134 valence electrons. The lowest BCUT2D eigenvalue weighted by atomic mass is 10.2. The van der Waals surface area contributed by atoms with Gasteiger partial charge in [0.15, 0.2) is 11.5 Å². The Labute approximate surface area is 155 Å². The molecule has 6 nitrogen and oxygen atoms in total. The van der Waals surface area contributed by atoms with Crippen molar-refractivity contribution in [1.29, 1.82) is 0 Å². The van der Waals surface area contributed by atoms with E-state index < -0.39 is 0 Å². The van der Waals surface area contributed by atoms with Crippen LogP contribution in [-0.4, -0.2) is 29.3 Å². The van der Waals surface area contributed by atoms with Gasteiger partial charge in [-0.2, -0.15) is 0 Å². The van der Waals surface area contributed by atoms with Crippen LogP contribution in [0.1, 0.15) is 31.3 Å². The number of hydrogen-bond donors (Lipinski definition) is 1. The van der Waals surface area contributed by atoms with Crippen LogP contribution >= 0.6 is 22.9 Å². The molecule has 0 aliphatic heterocycles. The molecule has 0 bridgehead atoms. The number of amides is 1. The quantitative estimate of drug-likeness (QED) is 0.727.